The van der Waals surface area contributed by atoms with E-state index in [0.717, 1.165) is 15.4 Å². The van der Waals surface area contributed by atoms with Crippen molar-refractivity contribution in [3.8, 4) is 5.75 Å². The van der Waals surface area contributed by atoms with Crippen LogP contribution in [0, 0.1) is 6.92 Å². The standard InChI is InChI=1S/C33H34BrN3O5S/c1-22-9-15-27(16-10-22)37(43(40,41)28-17-18-30(42-5)29(34)20-28)21-31(38)35-25-7-6-8-26(19-25)36-32(39)23-11-13-24(14-12-23)33(2,3)4/h6-20H,21H2,1-5H3,(H,35,38)(H,36,39). The first kappa shape index (κ1) is 31.8. The molecule has 0 aliphatic heterocycles. The molecule has 4 rings (SSSR count). The number of nitrogens with zero attached hydrogens (tertiary/aromatic N) is 1. The van der Waals surface area contributed by atoms with E-state index in [4.69, 9.17) is 4.74 Å². The number of ether oxygens (including phenoxy) is 1. The number of hydrogen-bond donors (Lipinski definition) is 2. The highest BCUT2D eigenvalue weighted by Crippen LogP contribution is 2.31. The third-order valence-corrected chi connectivity index (χ3v) is 9.13. The predicted octanol–water partition coefficient (Wildman–Crippen LogP) is 7.15. The van der Waals surface area contributed by atoms with Gasteiger partial charge in [-0.3, -0.25) is 13.9 Å². The first-order valence-electron chi connectivity index (χ1n) is 13.5. The van der Waals surface area contributed by atoms with Crippen LogP contribution in [-0.4, -0.2) is 33.9 Å². The maximum Gasteiger partial charge on any atom is 0.264 e. The van der Waals surface area contributed by atoms with Gasteiger partial charge in [-0.15, -0.1) is 0 Å². The Morgan fingerprint density at radius 3 is 2.07 bits per heavy atom. The molecular formula is C33H34BrN3O5S. The van der Waals surface area contributed by atoms with Crippen LogP contribution in [0.3, 0.4) is 0 Å². The molecule has 4 aromatic carbocycles. The van der Waals surface area contributed by atoms with Crippen molar-refractivity contribution in [2.24, 2.45) is 0 Å². The van der Waals surface area contributed by atoms with Crippen molar-refractivity contribution < 1.29 is 22.7 Å². The Balaban J connectivity index is 1.53. The second-order valence-electron chi connectivity index (χ2n) is 11.1. The van der Waals surface area contributed by atoms with Gasteiger partial charge in [-0.1, -0.05) is 56.7 Å². The largest absolute Gasteiger partial charge is 0.496 e. The molecule has 0 atom stereocenters. The van der Waals surface area contributed by atoms with E-state index in [1.54, 1.807) is 66.7 Å². The molecule has 0 aliphatic carbocycles. The predicted molar refractivity (Wildman–Crippen MR) is 175 cm³/mol. The van der Waals surface area contributed by atoms with Gasteiger partial charge in [0, 0.05) is 16.9 Å². The fraction of sp³-hybridized carbons (Fsp3) is 0.212. The number of methoxy groups -OCH3 is 1. The smallest absolute Gasteiger partial charge is 0.264 e. The molecule has 0 aromatic heterocycles. The van der Waals surface area contributed by atoms with Crippen LogP contribution in [0.4, 0.5) is 17.1 Å². The van der Waals surface area contributed by atoms with Crippen molar-refractivity contribution >= 4 is 54.8 Å². The zero-order valence-corrected chi connectivity index (χ0v) is 27.0. The highest BCUT2D eigenvalue weighted by molar-refractivity contribution is 9.10. The summed E-state index contributed by atoms with van der Waals surface area (Å²) in [4.78, 5) is 26.1. The lowest BCUT2D eigenvalue weighted by molar-refractivity contribution is -0.114. The number of amides is 2. The number of hydrogen-bond acceptors (Lipinski definition) is 5. The zero-order chi connectivity index (χ0) is 31.4. The molecule has 0 saturated carbocycles. The molecule has 0 fully saturated rings. The minimum Gasteiger partial charge on any atom is -0.496 e. The van der Waals surface area contributed by atoms with Crippen molar-refractivity contribution in [3.05, 3.63) is 112 Å². The van der Waals surface area contributed by atoms with E-state index in [9.17, 15) is 18.0 Å². The molecule has 0 radical (unpaired) electrons. The van der Waals surface area contributed by atoms with Crippen LogP contribution in [0.2, 0.25) is 0 Å². The highest BCUT2D eigenvalue weighted by Gasteiger charge is 2.28. The second kappa shape index (κ2) is 13.0. The quantitative estimate of drug-likeness (QED) is 0.198. The van der Waals surface area contributed by atoms with Crippen LogP contribution in [0.1, 0.15) is 42.3 Å². The van der Waals surface area contributed by atoms with E-state index in [0.29, 0.717) is 32.8 Å². The van der Waals surface area contributed by atoms with Gasteiger partial charge in [0.25, 0.3) is 15.9 Å². The van der Waals surface area contributed by atoms with E-state index in [1.165, 1.54) is 19.2 Å². The maximum atomic E-state index is 13.8. The number of nitrogens with one attached hydrogen (secondary N) is 2. The lowest BCUT2D eigenvalue weighted by atomic mass is 9.87. The van der Waals surface area contributed by atoms with Crippen LogP contribution in [0.25, 0.3) is 0 Å². The van der Waals surface area contributed by atoms with Gasteiger partial charge in [-0.25, -0.2) is 8.42 Å². The molecule has 0 heterocycles. The molecule has 4 aromatic rings. The summed E-state index contributed by atoms with van der Waals surface area (Å²) in [5.41, 5.74) is 3.77. The Kier molecular flexibility index (Phi) is 9.62. The topological polar surface area (TPSA) is 105 Å². The number of anilines is 3. The van der Waals surface area contributed by atoms with Gasteiger partial charge >= 0.3 is 0 Å². The van der Waals surface area contributed by atoms with Crippen molar-refractivity contribution in [2.45, 2.75) is 38.0 Å². The third-order valence-electron chi connectivity index (χ3n) is 6.74. The van der Waals surface area contributed by atoms with E-state index in [1.807, 2.05) is 19.1 Å². The average Bonchev–Trinajstić information content (AvgIpc) is 2.96. The summed E-state index contributed by atoms with van der Waals surface area (Å²) >= 11 is 3.34. The molecule has 0 spiro atoms. The average molecular weight is 665 g/mol. The first-order valence-corrected chi connectivity index (χ1v) is 15.8. The summed E-state index contributed by atoms with van der Waals surface area (Å²) < 4.78 is 34.3. The molecule has 2 amide bonds. The molecule has 224 valence electrons. The number of rotatable bonds is 9. The molecule has 10 heteroatoms. The monoisotopic (exact) mass is 663 g/mol. The normalized spacial score (nSPS) is 11.5. The van der Waals surface area contributed by atoms with Gasteiger partial charge in [-0.05, 0) is 94.5 Å². The minimum atomic E-state index is -4.14. The SMILES string of the molecule is COc1ccc(S(=O)(=O)N(CC(=O)Nc2cccc(NC(=O)c3ccc(C(C)(C)C)cc3)c2)c2ccc(C)cc2)cc1Br. The van der Waals surface area contributed by atoms with Crippen molar-refractivity contribution in [1.82, 2.24) is 0 Å². The molecule has 43 heavy (non-hydrogen) atoms. The molecule has 0 bridgehead atoms. The van der Waals surface area contributed by atoms with Gasteiger partial charge in [0.2, 0.25) is 5.91 Å². The number of aryl methyl sites for hydroxylation is 1. The van der Waals surface area contributed by atoms with Gasteiger partial charge in [-0.2, -0.15) is 0 Å². The highest BCUT2D eigenvalue weighted by atomic mass is 79.9. The molecule has 0 saturated heterocycles. The summed E-state index contributed by atoms with van der Waals surface area (Å²) in [5.74, 6) is -0.364. The summed E-state index contributed by atoms with van der Waals surface area (Å²) in [6.45, 7) is 7.73. The fourth-order valence-corrected chi connectivity index (χ4v) is 6.43. The van der Waals surface area contributed by atoms with E-state index >= 15 is 0 Å². The number of benzene rings is 4. The molecule has 2 N–H and O–H groups in total. The fourth-order valence-electron chi connectivity index (χ4n) is 4.29. The lowest BCUT2D eigenvalue weighted by Crippen LogP contribution is -2.38. The second-order valence-corrected chi connectivity index (χ2v) is 13.8. The van der Waals surface area contributed by atoms with Gasteiger partial charge in [0.1, 0.15) is 12.3 Å². The van der Waals surface area contributed by atoms with E-state index < -0.39 is 22.5 Å². The Bertz CT molecular complexity index is 1730. The molecule has 8 nitrogen and oxygen atoms in total. The summed E-state index contributed by atoms with van der Waals surface area (Å²) in [6, 6.07) is 25.4. The Morgan fingerprint density at radius 2 is 1.49 bits per heavy atom. The molecular weight excluding hydrogens is 630 g/mol. The molecule has 0 unspecified atom stereocenters. The van der Waals surface area contributed by atoms with Crippen LogP contribution >= 0.6 is 15.9 Å². The number of halogens is 1. The summed E-state index contributed by atoms with van der Waals surface area (Å²) in [7, 11) is -2.65. The third kappa shape index (κ3) is 7.82. The Hall–Kier alpha value is -4.15. The number of sulfonamides is 1. The van der Waals surface area contributed by atoms with Crippen molar-refractivity contribution in [1.29, 1.82) is 0 Å². The summed E-state index contributed by atoms with van der Waals surface area (Å²) in [5, 5.41) is 5.61. The lowest BCUT2D eigenvalue weighted by Gasteiger charge is -2.24. The zero-order valence-electron chi connectivity index (χ0n) is 24.6. The Labute approximate surface area is 261 Å². The van der Waals surface area contributed by atoms with Gasteiger partial charge < -0.3 is 15.4 Å². The molecule has 0 aliphatic rings. The number of carbonyl (C=O) groups is 2. The maximum absolute atomic E-state index is 13.8. The van der Waals surface area contributed by atoms with Gasteiger partial charge in [0.05, 0.1) is 22.2 Å². The van der Waals surface area contributed by atoms with E-state index in [2.05, 4.69) is 47.3 Å². The van der Waals surface area contributed by atoms with Crippen molar-refractivity contribution in [2.75, 3.05) is 28.6 Å². The first-order chi connectivity index (χ1) is 20.3. The Morgan fingerprint density at radius 1 is 0.860 bits per heavy atom. The summed E-state index contributed by atoms with van der Waals surface area (Å²) in [6.07, 6.45) is 0. The minimum absolute atomic E-state index is 0.00575. The van der Waals surface area contributed by atoms with Crippen LogP contribution < -0.4 is 19.7 Å². The van der Waals surface area contributed by atoms with Gasteiger partial charge in [0.15, 0.2) is 0 Å². The van der Waals surface area contributed by atoms with Crippen molar-refractivity contribution in [3.63, 3.8) is 0 Å². The number of carbonyl (C=O) groups excluding carboxylic acids is 2. The van der Waals surface area contributed by atoms with Crippen LogP contribution in [-0.2, 0) is 20.2 Å². The van der Waals surface area contributed by atoms with Crippen LogP contribution in [0.5, 0.6) is 5.75 Å². The van der Waals surface area contributed by atoms with Crippen LogP contribution in [0.15, 0.2) is 100 Å². The van der Waals surface area contributed by atoms with E-state index in [-0.39, 0.29) is 16.2 Å².